The number of aromatic amines is 2. The summed E-state index contributed by atoms with van der Waals surface area (Å²) in [5.74, 6) is 75.9. The van der Waals surface area contributed by atoms with E-state index in [1.807, 2.05) is 18.2 Å². The molecular formula is C77H56BBr5ClCuI2N14Na2O11P. The normalized spacial score (nSPS) is 7.31. The van der Waals surface area contributed by atoms with Crippen molar-refractivity contribution in [2.24, 2.45) is 0 Å². The number of aliphatic hydroxyl groups excluding tert-OH is 4. The van der Waals surface area contributed by atoms with Crippen LogP contribution in [0.5, 0.6) is 28.7 Å². The second-order valence-electron chi connectivity index (χ2n) is 16.6. The molecule has 5 aromatic carbocycles. The predicted octanol–water partition coefficient (Wildman–Crippen LogP) is 6.58. The molecule has 0 aliphatic heterocycles. The molecule has 0 aliphatic rings. The fourth-order valence-electron chi connectivity index (χ4n) is 6.09. The number of carbonyl (C=O) groups excluding carboxylic acids is 2. The maximum absolute atomic E-state index is 10.8. The topological polar surface area (TPSA) is 392 Å². The maximum Gasteiger partial charge on any atom is 1.00 e. The molecule has 0 fully saturated rings. The number of halogens is 8. The van der Waals surface area contributed by atoms with E-state index in [4.69, 9.17) is 81.4 Å². The third kappa shape index (κ3) is 54.7. The van der Waals surface area contributed by atoms with Crippen LogP contribution in [-0.2, 0) is 36.9 Å². The molecule has 577 valence electrons. The van der Waals surface area contributed by atoms with Crippen LogP contribution >= 0.6 is 146 Å². The molecule has 115 heavy (non-hydrogen) atoms. The number of nitrogens with zero attached hydrogens (tertiary/aromatic N) is 11. The van der Waals surface area contributed by atoms with Gasteiger partial charge in [0.25, 0.3) is 0 Å². The molecule has 38 heteroatoms. The van der Waals surface area contributed by atoms with Crippen LogP contribution in [0, 0.1) is 204 Å². The summed E-state index contributed by atoms with van der Waals surface area (Å²) in [7, 11) is 11.0. The van der Waals surface area contributed by atoms with E-state index in [0.717, 1.165) is 67.3 Å². The van der Waals surface area contributed by atoms with Gasteiger partial charge in [0.15, 0.2) is 12.6 Å². The Bertz CT molecular complexity index is 5380. The van der Waals surface area contributed by atoms with E-state index < -0.39 is 0 Å². The van der Waals surface area contributed by atoms with Gasteiger partial charge in [0, 0.05) is 121 Å². The zero-order chi connectivity index (χ0) is 83.1. The molecule has 2 aromatic heterocycles. The second kappa shape index (κ2) is 84.6. The van der Waals surface area contributed by atoms with E-state index in [1.54, 1.807) is 70.7 Å². The number of methoxy groups -OCH3 is 5. The predicted molar refractivity (Wildman–Crippen MR) is 471 cm³/mol. The summed E-state index contributed by atoms with van der Waals surface area (Å²) in [6, 6.07) is 17.4. The Morgan fingerprint density at radius 3 is 1.07 bits per heavy atom. The van der Waals surface area contributed by atoms with Crippen molar-refractivity contribution >= 4 is 173 Å². The smallest absolute Gasteiger partial charge is 1.00 e. The van der Waals surface area contributed by atoms with Crippen molar-refractivity contribution in [2.45, 2.75) is 26.7 Å². The van der Waals surface area contributed by atoms with Crippen LogP contribution in [0.3, 0.4) is 0 Å². The molecule has 0 bridgehead atoms. The van der Waals surface area contributed by atoms with Crippen molar-refractivity contribution < 1.29 is 133 Å². The van der Waals surface area contributed by atoms with E-state index in [9.17, 15) is 9.59 Å². The van der Waals surface area contributed by atoms with Crippen molar-refractivity contribution in [1.29, 1.82) is 5.26 Å². The number of hydrogen-bond acceptors (Lipinski definition) is 19. The van der Waals surface area contributed by atoms with Gasteiger partial charge in [-0.1, -0.05) is 92.2 Å². The number of ether oxygens (including phenoxy) is 5. The van der Waals surface area contributed by atoms with Crippen LogP contribution in [0.25, 0.3) is 43.6 Å². The van der Waals surface area contributed by atoms with Crippen LogP contribution in [0.1, 0.15) is 47.1 Å². The van der Waals surface area contributed by atoms with E-state index in [0.29, 0.717) is 73.5 Å². The monoisotopic (exact) mass is 2190 g/mol. The van der Waals surface area contributed by atoms with Crippen molar-refractivity contribution in [3.05, 3.63) is 152 Å². The molecule has 0 saturated heterocycles. The number of rotatable bonds is 12. The Hall–Kier alpha value is -8.77. The van der Waals surface area contributed by atoms with Gasteiger partial charge in [-0.2, -0.15) is 10.4 Å². The molecule has 3 radical (unpaired) electrons. The number of tetrazole rings is 2. The van der Waals surface area contributed by atoms with Crippen LogP contribution in [0.15, 0.2) is 83.0 Å². The van der Waals surface area contributed by atoms with Gasteiger partial charge in [-0.25, -0.2) is 4.85 Å². The van der Waals surface area contributed by atoms with Gasteiger partial charge < -0.3 is 74.6 Å². The first kappa shape index (κ1) is 122. The Morgan fingerprint density at radius 1 is 0.530 bits per heavy atom. The SMILES string of the molecule is C#CC#CC#CC#CC#CC#CC#CC#CC#CC#CC#CC#CC#CC#CC#CC.CO.COc1cc(C=O)c(Br)cc1-c1nn[nH]n1.COc1cc(C=O)c(Br)cc1I.COc1cc(CO)c(Br)cc1-c1nn[nH]n1.COc1cc(CO)c(Br)cc1I.Cl.N.[2H]CP.[B].[C-]#N.[C-]#[N+]c1cc(Br)c(CO)cc1OC.[Cu+].[H-].[N-]=[N+]=[N-].[Na+].[Na+]. The number of aliphatic hydroxyl groups is 4. The van der Waals surface area contributed by atoms with Gasteiger partial charge >= 0.3 is 76.2 Å². The first-order valence-corrected chi connectivity index (χ1v) is 35.1. The molecular weight excluding hydrogens is 2140 g/mol. The van der Waals surface area contributed by atoms with Crippen molar-refractivity contribution in [3.8, 4) is 230 Å². The van der Waals surface area contributed by atoms with Gasteiger partial charge in [0.1, 0.15) is 28.7 Å². The molecule has 7 aromatic rings. The summed E-state index contributed by atoms with van der Waals surface area (Å²) in [5.41, 5.74) is 18.7. The zero-order valence-electron chi connectivity index (χ0n) is 63.6. The standard InChI is InChI=1S/C31H4.C9H9BrN4O2.C9H7BrN4O2.C9H8BrNO2.C8H8BrIO2.C8H6BrIO2.CN.CH4O.CH5P.B.ClH.Cu.N3.H3N.2Na.H/c1-3-5-7-9-11-13-15-17-19-21-23-25-27-29-31-30-28-26-24-22-20-18-16-14-12-10-8-6-4-2;2*1-16-8-2-5(4-15)7(10)3-6(8)9-11-13-14-12-9;1-11-8-4-7(10)6(5-12)3-9(8)13-2;2*1-12-8-2-5(4-11)6(9)3-7(8)10;3*1-2;;;;1-3-2;;;;/h1H,2H3;2-3,15H,4H2,1H3,(H,11,12,13,14);2-4H,1H3,(H,11,12,13,14);3-4,12H,5H2,2H3;2-3,11H,4H2,1H3;2-4H,1H3;;2H,1H3;2H2,1H3;;1H;;;1H3;;;/q;;;;;;-1;;;;;+1;-1;;2*+1;-1/i;;;;;;;;1D;;;;;;;;. The van der Waals surface area contributed by atoms with Crippen molar-refractivity contribution in [1.82, 2.24) is 47.4 Å². The van der Waals surface area contributed by atoms with Crippen molar-refractivity contribution in [2.75, 3.05) is 49.3 Å². The van der Waals surface area contributed by atoms with E-state index in [1.165, 1.54) is 19.1 Å². The van der Waals surface area contributed by atoms with Crippen LogP contribution < -0.4 is 88.9 Å². The Morgan fingerprint density at radius 2 is 0.783 bits per heavy atom. The second-order valence-corrected chi connectivity index (χ2v) is 23.2. The molecule has 0 aliphatic carbocycles. The average molecular weight is 2190 g/mol. The van der Waals surface area contributed by atoms with Gasteiger partial charge in [0.2, 0.25) is 17.3 Å². The fraction of sp³-hybridized carbons (Fsp3) is 0.143. The number of aromatic nitrogens is 8. The number of hydrogen-bond donors (Lipinski definition) is 7. The largest absolute Gasteiger partial charge is 1.00 e. The quantitative estimate of drug-likeness (QED) is 0.00781. The summed E-state index contributed by atoms with van der Waals surface area (Å²) >= 11 is 20.9. The fourth-order valence-corrected chi connectivity index (χ4v) is 10.6. The number of carbonyl (C=O) groups is 2. The van der Waals surface area contributed by atoms with Gasteiger partial charge in [0.05, 0.1) is 80.2 Å². The van der Waals surface area contributed by atoms with Crippen molar-refractivity contribution in [3.63, 3.8) is 0 Å². The molecule has 7 rings (SSSR count). The Balaban J connectivity index is -0.000000146. The Kier molecular flexibility index (Phi) is 89.7. The summed E-state index contributed by atoms with van der Waals surface area (Å²) in [4.78, 5) is 26.1. The van der Waals surface area contributed by atoms with Gasteiger partial charge in [-0.05, 0) is 235 Å². The average Bonchev–Trinajstić information content (AvgIpc) is 1.81. The van der Waals surface area contributed by atoms with Crippen LogP contribution in [-0.4, -0.2) is 132 Å². The Labute approximate surface area is 806 Å². The minimum atomic E-state index is -0.0742. The minimum Gasteiger partial charge on any atom is -1.00 e. The maximum atomic E-state index is 10.8. The van der Waals surface area contributed by atoms with E-state index in [-0.39, 0.29) is 124 Å². The molecule has 0 saturated carbocycles. The molecule has 1 unspecified atom stereocenters. The van der Waals surface area contributed by atoms with Crippen LogP contribution in [0.4, 0.5) is 5.69 Å². The van der Waals surface area contributed by atoms with Gasteiger partial charge in [-0.15, -0.1) is 48.5 Å². The molecule has 25 nitrogen and oxygen atoms in total. The third-order valence-corrected chi connectivity index (χ3v) is 15.8. The number of benzene rings is 5. The third-order valence-electron chi connectivity index (χ3n) is 10.5. The number of H-pyrrole nitrogens is 2. The number of terminal acetylenes is 1. The number of nitrogens with one attached hydrogen (secondary N) is 2. The summed E-state index contributed by atoms with van der Waals surface area (Å²) in [5, 5.41) is 67.4. The summed E-state index contributed by atoms with van der Waals surface area (Å²) in [6.45, 7) is 13.6. The number of aldehydes is 2. The zero-order valence-corrected chi connectivity index (χ0v) is 80.8. The first-order valence-electron chi connectivity index (χ1n) is 28.8. The van der Waals surface area contributed by atoms with Gasteiger partial charge in [-0.3, -0.25) is 14.5 Å². The summed E-state index contributed by atoms with van der Waals surface area (Å²) < 4.78 is 37.6. The summed E-state index contributed by atoms with van der Waals surface area (Å²) in [6.07, 6.45) is 6.46. The minimum absolute atomic E-state index is 0. The molecule has 2 heterocycles. The van der Waals surface area contributed by atoms with E-state index in [2.05, 4.69) is 352 Å². The first-order chi connectivity index (χ1) is 53.4. The molecule has 0 amide bonds. The molecule has 9 N–H and O–H groups in total. The van der Waals surface area contributed by atoms with Crippen LogP contribution in [0.2, 0.25) is 0 Å². The van der Waals surface area contributed by atoms with E-state index >= 15 is 0 Å². The molecule has 1 atom stereocenters. The molecule has 0 spiro atoms.